The van der Waals surface area contributed by atoms with E-state index in [9.17, 15) is 4.79 Å². The Labute approximate surface area is 136 Å². The average Bonchev–Trinajstić information content (AvgIpc) is 2.60. The molecule has 2 rings (SSSR count). The normalized spacial score (nSPS) is 10.5. The molecule has 1 N–H and O–H groups in total. The molecule has 0 radical (unpaired) electrons. The Balaban J connectivity index is 1.88. The number of pyridine rings is 1. The highest BCUT2D eigenvalue weighted by molar-refractivity contribution is 5.91. The minimum atomic E-state index is -0.143. The fourth-order valence-corrected chi connectivity index (χ4v) is 2.18. The van der Waals surface area contributed by atoms with Crippen LogP contribution in [0.5, 0.6) is 11.5 Å². The van der Waals surface area contributed by atoms with Gasteiger partial charge < -0.3 is 14.8 Å². The second-order valence-electron chi connectivity index (χ2n) is 4.81. The number of para-hydroxylation sites is 1. The van der Waals surface area contributed by atoms with E-state index in [4.69, 9.17) is 9.47 Å². The number of nitrogens with one attached hydrogen (secondary N) is 1. The van der Waals surface area contributed by atoms with E-state index in [0.29, 0.717) is 24.5 Å². The highest BCUT2D eigenvalue weighted by Crippen LogP contribution is 2.30. The van der Waals surface area contributed by atoms with E-state index in [1.54, 1.807) is 32.7 Å². The van der Waals surface area contributed by atoms with E-state index in [0.717, 1.165) is 11.1 Å². The third-order valence-corrected chi connectivity index (χ3v) is 3.29. The Morgan fingerprint density at radius 3 is 2.78 bits per heavy atom. The summed E-state index contributed by atoms with van der Waals surface area (Å²) in [5.74, 6) is 1.25. The number of carbonyl (C=O) groups is 1. The lowest BCUT2D eigenvalue weighted by Crippen LogP contribution is -2.23. The van der Waals surface area contributed by atoms with Crippen molar-refractivity contribution in [3.63, 3.8) is 0 Å². The highest BCUT2D eigenvalue weighted by Gasteiger charge is 2.09. The van der Waals surface area contributed by atoms with E-state index in [-0.39, 0.29) is 5.91 Å². The predicted molar refractivity (Wildman–Crippen MR) is 89.5 cm³/mol. The summed E-state index contributed by atoms with van der Waals surface area (Å²) in [6.07, 6.45) is 7.28. The molecule has 1 amide bonds. The van der Waals surface area contributed by atoms with Crippen LogP contribution in [0.4, 0.5) is 0 Å². The molecule has 120 valence electrons. The largest absolute Gasteiger partial charge is 0.493 e. The van der Waals surface area contributed by atoms with Crippen molar-refractivity contribution in [2.24, 2.45) is 0 Å². The van der Waals surface area contributed by atoms with Crippen LogP contribution in [0.15, 0.2) is 48.8 Å². The van der Waals surface area contributed by atoms with Crippen LogP contribution in [0.2, 0.25) is 0 Å². The van der Waals surface area contributed by atoms with E-state index < -0.39 is 0 Å². The lowest BCUT2D eigenvalue weighted by molar-refractivity contribution is -0.116. The summed E-state index contributed by atoms with van der Waals surface area (Å²) < 4.78 is 10.6. The summed E-state index contributed by atoms with van der Waals surface area (Å²) in [4.78, 5) is 15.8. The second-order valence-corrected chi connectivity index (χ2v) is 4.81. The number of ether oxygens (including phenoxy) is 2. The van der Waals surface area contributed by atoms with Crippen LogP contribution in [-0.4, -0.2) is 31.7 Å². The van der Waals surface area contributed by atoms with E-state index in [1.807, 2.05) is 30.3 Å². The first-order valence-corrected chi connectivity index (χ1v) is 7.30. The number of hydrogen-bond acceptors (Lipinski definition) is 4. The number of aromatic nitrogens is 1. The summed E-state index contributed by atoms with van der Waals surface area (Å²) in [6, 6.07) is 9.42. The van der Waals surface area contributed by atoms with Crippen LogP contribution in [0.25, 0.3) is 6.08 Å². The van der Waals surface area contributed by atoms with Crippen molar-refractivity contribution in [2.45, 2.75) is 6.42 Å². The number of benzene rings is 1. The van der Waals surface area contributed by atoms with Crippen molar-refractivity contribution in [3.8, 4) is 11.5 Å². The molecule has 0 unspecified atom stereocenters. The van der Waals surface area contributed by atoms with Gasteiger partial charge in [-0.1, -0.05) is 18.2 Å². The number of hydrogen-bond donors (Lipinski definition) is 1. The van der Waals surface area contributed by atoms with Crippen LogP contribution >= 0.6 is 0 Å². The second kappa shape index (κ2) is 8.58. The van der Waals surface area contributed by atoms with Crippen LogP contribution < -0.4 is 14.8 Å². The summed E-state index contributed by atoms with van der Waals surface area (Å²) in [5, 5.41) is 2.85. The zero-order valence-electron chi connectivity index (χ0n) is 13.3. The number of methoxy groups -OCH3 is 2. The van der Waals surface area contributed by atoms with Crippen LogP contribution in [0.1, 0.15) is 11.1 Å². The van der Waals surface area contributed by atoms with Gasteiger partial charge in [0, 0.05) is 25.0 Å². The molecule has 0 aliphatic heterocycles. The third-order valence-electron chi connectivity index (χ3n) is 3.29. The number of rotatable bonds is 7. The summed E-state index contributed by atoms with van der Waals surface area (Å²) in [7, 11) is 3.21. The summed E-state index contributed by atoms with van der Waals surface area (Å²) in [5.41, 5.74) is 1.88. The Kier molecular flexibility index (Phi) is 6.17. The van der Waals surface area contributed by atoms with Gasteiger partial charge in [0.2, 0.25) is 5.91 Å². The lowest BCUT2D eigenvalue weighted by atomic mass is 10.1. The molecule has 1 aromatic carbocycles. The first-order valence-electron chi connectivity index (χ1n) is 7.30. The third kappa shape index (κ3) is 4.85. The van der Waals surface area contributed by atoms with Gasteiger partial charge in [-0.15, -0.1) is 0 Å². The molecule has 23 heavy (non-hydrogen) atoms. The molecule has 0 fully saturated rings. The molecule has 0 bridgehead atoms. The molecular formula is C18H20N2O3. The Morgan fingerprint density at radius 2 is 2.09 bits per heavy atom. The Bertz CT molecular complexity index is 669. The zero-order valence-corrected chi connectivity index (χ0v) is 13.3. The van der Waals surface area contributed by atoms with Gasteiger partial charge >= 0.3 is 0 Å². The molecule has 0 aliphatic rings. The summed E-state index contributed by atoms with van der Waals surface area (Å²) in [6.45, 7) is 0.514. The molecule has 1 heterocycles. The smallest absolute Gasteiger partial charge is 0.244 e. The lowest BCUT2D eigenvalue weighted by Gasteiger charge is -2.12. The maximum Gasteiger partial charge on any atom is 0.244 e. The number of nitrogens with zero attached hydrogens (tertiary/aromatic N) is 1. The quantitative estimate of drug-likeness (QED) is 0.798. The Morgan fingerprint density at radius 1 is 1.22 bits per heavy atom. The minimum absolute atomic E-state index is 0.143. The number of carbonyl (C=O) groups excluding carboxylic acids is 1. The van der Waals surface area contributed by atoms with Gasteiger partial charge in [0.25, 0.3) is 0 Å². The Hall–Kier alpha value is -2.82. The molecule has 2 aromatic rings. The summed E-state index contributed by atoms with van der Waals surface area (Å²) >= 11 is 0. The van der Waals surface area contributed by atoms with Gasteiger partial charge in [0.15, 0.2) is 11.5 Å². The first-order chi connectivity index (χ1) is 11.2. The molecule has 0 aliphatic carbocycles. The van der Waals surface area contributed by atoms with Crippen LogP contribution in [-0.2, 0) is 11.2 Å². The topological polar surface area (TPSA) is 60.5 Å². The molecule has 1 aromatic heterocycles. The van der Waals surface area contributed by atoms with Gasteiger partial charge in [-0.3, -0.25) is 9.78 Å². The predicted octanol–water partition coefficient (Wildman–Crippen LogP) is 2.47. The zero-order chi connectivity index (χ0) is 16.5. The van der Waals surface area contributed by atoms with Gasteiger partial charge in [-0.2, -0.15) is 0 Å². The van der Waals surface area contributed by atoms with E-state index in [1.165, 1.54) is 6.08 Å². The van der Waals surface area contributed by atoms with E-state index in [2.05, 4.69) is 10.3 Å². The van der Waals surface area contributed by atoms with E-state index >= 15 is 0 Å². The van der Waals surface area contributed by atoms with Crippen LogP contribution in [0.3, 0.4) is 0 Å². The van der Waals surface area contributed by atoms with Crippen molar-refractivity contribution in [2.75, 3.05) is 20.8 Å². The van der Waals surface area contributed by atoms with Crippen molar-refractivity contribution in [3.05, 3.63) is 59.9 Å². The van der Waals surface area contributed by atoms with Crippen molar-refractivity contribution >= 4 is 12.0 Å². The van der Waals surface area contributed by atoms with Gasteiger partial charge in [0.1, 0.15) is 0 Å². The maximum atomic E-state index is 11.8. The van der Waals surface area contributed by atoms with Crippen molar-refractivity contribution < 1.29 is 14.3 Å². The molecule has 0 atom stereocenters. The highest BCUT2D eigenvalue weighted by atomic mass is 16.5. The molecule has 0 saturated carbocycles. The average molecular weight is 312 g/mol. The maximum absolute atomic E-state index is 11.8. The van der Waals surface area contributed by atoms with Crippen LogP contribution in [0, 0.1) is 0 Å². The van der Waals surface area contributed by atoms with Crippen molar-refractivity contribution in [1.82, 2.24) is 10.3 Å². The molecule has 5 nitrogen and oxygen atoms in total. The molecular weight excluding hydrogens is 292 g/mol. The monoisotopic (exact) mass is 312 g/mol. The fourth-order valence-electron chi connectivity index (χ4n) is 2.18. The van der Waals surface area contributed by atoms with Gasteiger partial charge in [-0.25, -0.2) is 0 Å². The van der Waals surface area contributed by atoms with Crippen molar-refractivity contribution in [1.29, 1.82) is 0 Å². The molecule has 0 spiro atoms. The fraction of sp³-hybridized carbons (Fsp3) is 0.222. The number of amides is 1. The molecule has 5 heteroatoms. The SMILES string of the molecule is COc1cccc(CCNC(=O)C=Cc2cccnc2)c1OC. The van der Waals surface area contributed by atoms with Gasteiger partial charge in [-0.05, 0) is 35.8 Å². The minimum Gasteiger partial charge on any atom is -0.493 e. The molecule has 0 saturated heterocycles. The van der Waals surface area contributed by atoms with Gasteiger partial charge in [0.05, 0.1) is 14.2 Å². The first kappa shape index (κ1) is 16.5. The standard InChI is InChI=1S/C18H20N2O3/c1-22-16-7-3-6-15(18(16)23-2)10-12-20-17(21)9-8-14-5-4-11-19-13-14/h3-9,11,13H,10,12H2,1-2H3,(H,20,21).